The first-order valence-electron chi connectivity index (χ1n) is 8.42. The molecule has 0 spiro atoms. The van der Waals surface area contributed by atoms with E-state index in [1.807, 2.05) is 36.4 Å². The second-order valence-electron chi connectivity index (χ2n) is 5.56. The molecule has 2 rings (SSSR count). The van der Waals surface area contributed by atoms with Crippen molar-refractivity contribution in [2.45, 2.75) is 19.8 Å². The molecule has 2 aromatic rings. The summed E-state index contributed by atoms with van der Waals surface area (Å²) in [6, 6.07) is 13.1. The van der Waals surface area contributed by atoms with Crippen LogP contribution in [0.1, 0.15) is 24.5 Å². The Hall–Kier alpha value is -3.02. The monoisotopic (exact) mass is 356 g/mol. The molecule has 0 aliphatic carbocycles. The summed E-state index contributed by atoms with van der Waals surface area (Å²) in [7, 11) is 3.11. The molecule has 0 aliphatic rings. The zero-order valence-corrected chi connectivity index (χ0v) is 15.3. The van der Waals surface area contributed by atoms with Crippen LogP contribution in [0.3, 0.4) is 0 Å². The molecule has 26 heavy (non-hydrogen) atoms. The SMILES string of the molecule is CCCc1ccc(OCC(=O)N/N=C\c2cccc(OC)c2OC)cc1. The fraction of sp³-hybridized carbons (Fsp3) is 0.300. The normalized spacial score (nSPS) is 10.6. The Bertz CT molecular complexity index is 742. The molecule has 0 saturated carbocycles. The lowest BCUT2D eigenvalue weighted by atomic mass is 10.1. The third-order valence-corrected chi connectivity index (χ3v) is 3.66. The van der Waals surface area contributed by atoms with Gasteiger partial charge in [0.15, 0.2) is 18.1 Å². The van der Waals surface area contributed by atoms with Gasteiger partial charge in [0, 0.05) is 5.56 Å². The maximum absolute atomic E-state index is 11.8. The zero-order valence-electron chi connectivity index (χ0n) is 15.3. The predicted molar refractivity (Wildman–Crippen MR) is 101 cm³/mol. The number of hydrogen-bond acceptors (Lipinski definition) is 5. The summed E-state index contributed by atoms with van der Waals surface area (Å²) in [5.41, 5.74) is 4.38. The van der Waals surface area contributed by atoms with E-state index in [1.54, 1.807) is 20.3 Å². The number of rotatable bonds is 9. The van der Waals surface area contributed by atoms with Gasteiger partial charge in [0.2, 0.25) is 0 Å². The lowest BCUT2D eigenvalue weighted by molar-refractivity contribution is -0.123. The van der Waals surface area contributed by atoms with Crippen LogP contribution in [0.2, 0.25) is 0 Å². The van der Waals surface area contributed by atoms with Gasteiger partial charge in [-0.25, -0.2) is 5.43 Å². The van der Waals surface area contributed by atoms with Crippen molar-refractivity contribution in [2.24, 2.45) is 5.10 Å². The van der Waals surface area contributed by atoms with Crippen LogP contribution in [0, 0.1) is 0 Å². The number of benzene rings is 2. The van der Waals surface area contributed by atoms with Crippen molar-refractivity contribution in [1.82, 2.24) is 5.43 Å². The highest BCUT2D eigenvalue weighted by Crippen LogP contribution is 2.29. The Labute approximate surface area is 153 Å². The van der Waals surface area contributed by atoms with Gasteiger partial charge in [-0.15, -0.1) is 0 Å². The Kier molecular flexibility index (Phi) is 7.49. The minimum atomic E-state index is -0.347. The molecule has 0 saturated heterocycles. The van der Waals surface area contributed by atoms with Crippen LogP contribution < -0.4 is 19.6 Å². The zero-order chi connectivity index (χ0) is 18.8. The number of nitrogens with zero attached hydrogens (tertiary/aromatic N) is 1. The van der Waals surface area contributed by atoms with E-state index in [0.717, 1.165) is 12.8 Å². The number of aryl methyl sites for hydroxylation is 1. The summed E-state index contributed by atoms with van der Waals surface area (Å²) >= 11 is 0. The molecule has 1 amide bonds. The summed E-state index contributed by atoms with van der Waals surface area (Å²) in [5, 5.41) is 3.94. The largest absolute Gasteiger partial charge is 0.493 e. The molecule has 0 unspecified atom stereocenters. The molecule has 0 aliphatic heterocycles. The van der Waals surface area contributed by atoms with Crippen LogP contribution >= 0.6 is 0 Å². The summed E-state index contributed by atoms with van der Waals surface area (Å²) in [6.45, 7) is 2.02. The highest BCUT2D eigenvalue weighted by Gasteiger charge is 2.07. The summed E-state index contributed by atoms with van der Waals surface area (Å²) in [6.07, 6.45) is 3.63. The van der Waals surface area contributed by atoms with Gasteiger partial charge in [-0.05, 0) is 36.2 Å². The number of carbonyl (C=O) groups is 1. The van der Waals surface area contributed by atoms with Crippen LogP contribution in [0.4, 0.5) is 0 Å². The van der Waals surface area contributed by atoms with E-state index in [4.69, 9.17) is 14.2 Å². The van der Waals surface area contributed by atoms with Gasteiger partial charge in [0.05, 0.1) is 20.4 Å². The van der Waals surface area contributed by atoms with E-state index < -0.39 is 0 Å². The molecule has 0 radical (unpaired) electrons. The van der Waals surface area contributed by atoms with Crippen molar-refractivity contribution >= 4 is 12.1 Å². The first-order chi connectivity index (χ1) is 12.7. The maximum Gasteiger partial charge on any atom is 0.277 e. The average Bonchev–Trinajstić information content (AvgIpc) is 2.67. The summed E-state index contributed by atoms with van der Waals surface area (Å²) in [5.74, 6) is 1.45. The van der Waals surface area contributed by atoms with Crippen molar-refractivity contribution < 1.29 is 19.0 Å². The van der Waals surface area contributed by atoms with Crippen molar-refractivity contribution in [3.8, 4) is 17.2 Å². The van der Waals surface area contributed by atoms with Gasteiger partial charge < -0.3 is 14.2 Å². The van der Waals surface area contributed by atoms with E-state index in [0.29, 0.717) is 22.8 Å². The average molecular weight is 356 g/mol. The number of hydrazone groups is 1. The lowest BCUT2D eigenvalue weighted by Gasteiger charge is -2.09. The van der Waals surface area contributed by atoms with Gasteiger partial charge in [-0.1, -0.05) is 31.5 Å². The van der Waals surface area contributed by atoms with Gasteiger partial charge in [-0.2, -0.15) is 5.10 Å². The third-order valence-electron chi connectivity index (χ3n) is 3.66. The summed E-state index contributed by atoms with van der Waals surface area (Å²) < 4.78 is 16.0. The third kappa shape index (κ3) is 5.51. The van der Waals surface area contributed by atoms with Gasteiger partial charge in [-0.3, -0.25) is 4.79 Å². The van der Waals surface area contributed by atoms with Crippen molar-refractivity contribution in [2.75, 3.05) is 20.8 Å². The molecule has 0 atom stereocenters. The Morgan fingerprint density at radius 3 is 2.54 bits per heavy atom. The number of ether oxygens (including phenoxy) is 3. The smallest absolute Gasteiger partial charge is 0.277 e. The number of hydrogen-bond donors (Lipinski definition) is 1. The fourth-order valence-corrected chi connectivity index (χ4v) is 2.41. The van der Waals surface area contributed by atoms with E-state index in [2.05, 4.69) is 17.5 Å². The second kappa shape index (κ2) is 10.1. The molecule has 0 fully saturated rings. The van der Waals surface area contributed by atoms with Crippen molar-refractivity contribution in [3.63, 3.8) is 0 Å². The van der Waals surface area contributed by atoms with E-state index >= 15 is 0 Å². The van der Waals surface area contributed by atoms with Crippen LogP contribution in [0.25, 0.3) is 0 Å². The number of methoxy groups -OCH3 is 2. The second-order valence-corrected chi connectivity index (χ2v) is 5.56. The van der Waals surface area contributed by atoms with Gasteiger partial charge in [0.1, 0.15) is 5.75 Å². The Morgan fingerprint density at radius 1 is 1.12 bits per heavy atom. The Morgan fingerprint density at radius 2 is 1.88 bits per heavy atom. The molecular weight excluding hydrogens is 332 g/mol. The van der Waals surface area contributed by atoms with E-state index in [1.165, 1.54) is 11.8 Å². The first kappa shape index (κ1) is 19.3. The molecule has 2 aromatic carbocycles. The molecule has 0 heterocycles. The molecule has 0 aromatic heterocycles. The molecule has 138 valence electrons. The maximum atomic E-state index is 11.8. The van der Waals surface area contributed by atoms with Crippen LogP contribution in [0.15, 0.2) is 47.6 Å². The lowest BCUT2D eigenvalue weighted by Crippen LogP contribution is -2.24. The predicted octanol–water partition coefficient (Wildman–Crippen LogP) is 3.19. The summed E-state index contributed by atoms with van der Waals surface area (Å²) in [4.78, 5) is 11.8. The topological polar surface area (TPSA) is 69.2 Å². The van der Waals surface area contributed by atoms with Gasteiger partial charge >= 0.3 is 0 Å². The highest BCUT2D eigenvalue weighted by atomic mass is 16.5. The highest BCUT2D eigenvalue weighted by molar-refractivity contribution is 5.86. The molecular formula is C20H24N2O4. The first-order valence-corrected chi connectivity index (χ1v) is 8.42. The minimum absolute atomic E-state index is 0.111. The molecule has 6 nitrogen and oxygen atoms in total. The molecule has 0 bridgehead atoms. The molecule has 1 N–H and O–H groups in total. The van der Waals surface area contributed by atoms with Gasteiger partial charge in [0.25, 0.3) is 5.91 Å². The molecule has 6 heteroatoms. The van der Waals surface area contributed by atoms with E-state index in [-0.39, 0.29) is 12.5 Å². The number of carbonyl (C=O) groups excluding carboxylic acids is 1. The van der Waals surface area contributed by atoms with E-state index in [9.17, 15) is 4.79 Å². The van der Waals surface area contributed by atoms with Crippen LogP contribution in [-0.4, -0.2) is 32.9 Å². The van der Waals surface area contributed by atoms with Crippen LogP contribution in [0.5, 0.6) is 17.2 Å². The number of amides is 1. The quantitative estimate of drug-likeness (QED) is 0.553. The van der Waals surface area contributed by atoms with Crippen molar-refractivity contribution in [1.29, 1.82) is 0 Å². The standard InChI is InChI=1S/C20H24N2O4/c1-4-6-15-9-11-17(12-10-15)26-14-19(23)22-21-13-16-7-5-8-18(24-2)20(16)25-3/h5,7-13H,4,6,14H2,1-3H3,(H,22,23)/b21-13-. The number of nitrogens with one attached hydrogen (secondary N) is 1. The number of para-hydroxylation sites is 1. The minimum Gasteiger partial charge on any atom is -0.493 e. The van der Waals surface area contributed by atoms with Crippen molar-refractivity contribution in [3.05, 3.63) is 53.6 Å². The van der Waals surface area contributed by atoms with Crippen LogP contribution in [-0.2, 0) is 11.2 Å². The fourth-order valence-electron chi connectivity index (χ4n) is 2.41. The Balaban J connectivity index is 1.86.